The van der Waals surface area contributed by atoms with Crippen molar-refractivity contribution in [3.05, 3.63) is 69.6 Å². The number of nitrogens with zero attached hydrogens (tertiary/aromatic N) is 1. The van der Waals surface area contributed by atoms with E-state index >= 15 is 0 Å². The number of nitrogens with one attached hydrogen (secondary N) is 2. The van der Waals surface area contributed by atoms with Crippen LogP contribution in [0.5, 0.6) is 0 Å². The van der Waals surface area contributed by atoms with Gasteiger partial charge in [-0.15, -0.1) is 0 Å². The Morgan fingerprint density at radius 1 is 1.00 bits per heavy atom. The average Bonchev–Trinajstić information content (AvgIpc) is 2.56. The van der Waals surface area contributed by atoms with E-state index in [0.29, 0.717) is 5.96 Å². The van der Waals surface area contributed by atoms with Gasteiger partial charge in [-0.1, -0.05) is 52.3 Å². The van der Waals surface area contributed by atoms with Crippen LogP contribution in [0.25, 0.3) is 10.8 Å². The summed E-state index contributed by atoms with van der Waals surface area (Å²) in [5.41, 5.74) is 1.84. The summed E-state index contributed by atoms with van der Waals surface area (Å²) >= 11 is 7.01. The van der Waals surface area contributed by atoms with E-state index in [9.17, 15) is 0 Å². The highest BCUT2D eigenvalue weighted by atomic mass is 79.9. The molecule has 0 aromatic heterocycles. The monoisotopic (exact) mass is 431 g/mol. The van der Waals surface area contributed by atoms with Crippen LogP contribution in [0.2, 0.25) is 0 Å². The molecule has 0 aliphatic rings. The molecule has 0 heterocycles. The van der Waals surface area contributed by atoms with Gasteiger partial charge in [-0.2, -0.15) is 0 Å². The molecule has 116 valence electrons. The number of fused-ring (bicyclic) bond motifs is 1. The van der Waals surface area contributed by atoms with E-state index in [1.54, 1.807) is 4.90 Å². The van der Waals surface area contributed by atoms with E-state index in [4.69, 9.17) is 5.41 Å². The van der Waals surface area contributed by atoms with Crippen molar-refractivity contribution in [1.82, 2.24) is 0 Å². The van der Waals surface area contributed by atoms with Crippen LogP contribution >= 0.6 is 31.9 Å². The van der Waals surface area contributed by atoms with Crippen molar-refractivity contribution in [3.8, 4) is 0 Å². The van der Waals surface area contributed by atoms with Crippen molar-refractivity contribution in [2.24, 2.45) is 0 Å². The Hall–Kier alpha value is -1.85. The Morgan fingerprint density at radius 2 is 1.74 bits per heavy atom. The van der Waals surface area contributed by atoms with Crippen molar-refractivity contribution < 1.29 is 0 Å². The third kappa shape index (κ3) is 3.41. The summed E-state index contributed by atoms with van der Waals surface area (Å²) in [6, 6.07) is 20.1. The summed E-state index contributed by atoms with van der Waals surface area (Å²) in [5.74, 6) is 0.306. The van der Waals surface area contributed by atoms with Gasteiger partial charge in [0.05, 0.1) is 5.69 Å². The highest BCUT2D eigenvalue weighted by Gasteiger charge is 2.12. The zero-order valence-electron chi connectivity index (χ0n) is 12.5. The van der Waals surface area contributed by atoms with Gasteiger partial charge in [0.25, 0.3) is 0 Å². The molecule has 0 fully saturated rings. The molecule has 5 heteroatoms. The number of rotatable bonds is 2. The maximum atomic E-state index is 8.39. The Morgan fingerprint density at radius 3 is 2.57 bits per heavy atom. The first-order valence-electron chi connectivity index (χ1n) is 7.08. The smallest absolute Gasteiger partial charge is 0.199 e. The Labute approximate surface area is 152 Å². The van der Waals surface area contributed by atoms with Crippen LogP contribution in [-0.4, -0.2) is 13.0 Å². The average molecular weight is 433 g/mol. The largest absolute Gasteiger partial charge is 0.326 e. The first-order chi connectivity index (χ1) is 11.1. The molecule has 2 N–H and O–H groups in total. The molecule has 3 rings (SSSR count). The number of hydrogen-bond donors (Lipinski definition) is 2. The molecule has 0 radical (unpaired) electrons. The SMILES string of the molecule is CN(C(=N)Nc1cccc2ccccc12)c1cc(Br)ccc1Br. The minimum atomic E-state index is 0.306. The van der Waals surface area contributed by atoms with Crippen LogP contribution < -0.4 is 10.2 Å². The first-order valence-corrected chi connectivity index (χ1v) is 8.67. The van der Waals surface area contributed by atoms with Gasteiger partial charge in [0.2, 0.25) is 0 Å². The predicted molar refractivity (Wildman–Crippen MR) is 106 cm³/mol. The van der Waals surface area contributed by atoms with E-state index in [-0.39, 0.29) is 0 Å². The van der Waals surface area contributed by atoms with Crippen molar-refractivity contribution >= 4 is 60.0 Å². The molecule has 23 heavy (non-hydrogen) atoms. The number of guanidine groups is 1. The summed E-state index contributed by atoms with van der Waals surface area (Å²) in [5, 5.41) is 13.8. The van der Waals surface area contributed by atoms with E-state index in [2.05, 4.69) is 55.4 Å². The molecule has 3 nitrogen and oxygen atoms in total. The number of anilines is 2. The highest BCUT2D eigenvalue weighted by Crippen LogP contribution is 2.30. The van der Waals surface area contributed by atoms with E-state index < -0.39 is 0 Å². The van der Waals surface area contributed by atoms with Crippen LogP contribution in [0, 0.1) is 5.41 Å². The summed E-state index contributed by atoms with van der Waals surface area (Å²) in [7, 11) is 1.87. The quantitative estimate of drug-likeness (QED) is 0.394. The van der Waals surface area contributed by atoms with Gasteiger partial charge in [0.1, 0.15) is 0 Å². The summed E-state index contributed by atoms with van der Waals surface area (Å²) in [6.45, 7) is 0. The zero-order valence-corrected chi connectivity index (χ0v) is 15.6. The van der Waals surface area contributed by atoms with Gasteiger partial charge in [-0.05, 0) is 45.6 Å². The normalized spacial score (nSPS) is 10.6. The molecular weight excluding hydrogens is 418 g/mol. The second-order valence-corrected chi connectivity index (χ2v) is 6.93. The molecule has 3 aromatic rings. The maximum Gasteiger partial charge on any atom is 0.199 e. The van der Waals surface area contributed by atoms with Crippen LogP contribution in [0.3, 0.4) is 0 Å². The van der Waals surface area contributed by atoms with Gasteiger partial charge in [-0.25, -0.2) is 0 Å². The first kappa shape index (κ1) is 16.0. The molecule has 0 amide bonds. The molecule has 0 unspecified atom stereocenters. The third-order valence-corrected chi connectivity index (χ3v) is 4.81. The molecule has 0 aliphatic heterocycles. The number of benzene rings is 3. The Bertz CT molecular complexity index is 872. The van der Waals surface area contributed by atoms with Gasteiger partial charge in [0, 0.05) is 27.1 Å². The topological polar surface area (TPSA) is 39.1 Å². The fourth-order valence-electron chi connectivity index (χ4n) is 2.41. The lowest BCUT2D eigenvalue weighted by atomic mass is 10.1. The fourth-order valence-corrected chi connectivity index (χ4v) is 3.27. The van der Waals surface area contributed by atoms with Gasteiger partial charge >= 0.3 is 0 Å². The van der Waals surface area contributed by atoms with Crippen molar-refractivity contribution in [1.29, 1.82) is 5.41 Å². The lowest BCUT2D eigenvalue weighted by molar-refractivity contribution is 1.20. The van der Waals surface area contributed by atoms with E-state index in [0.717, 1.165) is 31.1 Å². The van der Waals surface area contributed by atoms with Gasteiger partial charge < -0.3 is 10.2 Å². The third-order valence-electron chi connectivity index (χ3n) is 3.65. The highest BCUT2D eigenvalue weighted by molar-refractivity contribution is 9.11. The Balaban J connectivity index is 1.90. The van der Waals surface area contributed by atoms with E-state index in [1.165, 1.54) is 0 Å². The van der Waals surface area contributed by atoms with Crippen molar-refractivity contribution in [2.75, 3.05) is 17.3 Å². The standard InChI is InChI=1S/C18H15Br2N3/c1-23(17-11-13(19)9-10-15(17)20)18(21)22-16-8-4-6-12-5-2-3-7-14(12)16/h2-11H,1H3,(H2,21,22). The van der Waals surface area contributed by atoms with Crippen molar-refractivity contribution in [2.45, 2.75) is 0 Å². The van der Waals surface area contributed by atoms with Gasteiger partial charge in [0.15, 0.2) is 5.96 Å². The lowest BCUT2D eigenvalue weighted by Gasteiger charge is -2.23. The second kappa shape index (κ2) is 6.72. The molecule has 0 saturated heterocycles. The minimum absolute atomic E-state index is 0.306. The molecule has 0 atom stereocenters. The van der Waals surface area contributed by atoms with Gasteiger partial charge in [-0.3, -0.25) is 5.41 Å². The summed E-state index contributed by atoms with van der Waals surface area (Å²) in [4.78, 5) is 1.80. The molecule has 0 bridgehead atoms. The Kier molecular flexibility index (Phi) is 4.68. The minimum Gasteiger partial charge on any atom is -0.326 e. The predicted octanol–water partition coefficient (Wildman–Crippen LogP) is 5.85. The summed E-state index contributed by atoms with van der Waals surface area (Å²) in [6.07, 6.45) is 0. The molecular formula is C18H15Br2N3. The number of halogens is 2. The molecule has 0 aliphatic carbocycles. The maximum absolute atomic E-state index is 8.39. The van der Waals surface area contributed by atoms with Crippen LogP contribution in [0.1, 0.15) is 0 Å². The molecule has 0 spiro atoms. The number of hydrogen-bond acceptors (Lipinski definition) is 1. The molecule has 3 aromatic carbocycles. The lowest BCUT2D eigenvalue weighted by Crippen LogP contribution is -2.32. The molecule has 0 saturated carbocycles. The van der Waals surface area contributed by atoms with Crippen LogP contribution in [0.15, 0.2) is 69.6 Å². The zero-order chi connectivity index (χ0) is 16.4. The second-order valence-electron chi connectivity index (χ2n) is 5.16. The van der Waals surface area contributed by atoms with Crippen LogP contribution in [-0.2, 0) is 0 Å². The van der Waals surface area contributed by atoms with Crippen molar-refractivity contribution in [3.63, 3.8) is 0 Å². The fraction of sp³-hybridized carbons (Fsp3) is 0.0556. The van der Waals surface area contributed by atoms with E-state index in [1.807, 2.05) is 49.5 Å². The van der Waals surface area contributed by atoms with Crippen LogP contribution in [0.4, 0.5) is 11.4 Å². The summed E-state index contributed by atoms with van der Waals surface area (Å²) < 4.78 is 1.91.